The summed E-state index contributed by atoms with van der Waals surface area (Å²) >= 11 is 1.37. The number of ether oxygens (including phenoxy) is 1. The number of carboxylic acid groups (broad SMARTS) is 1. The van der Waals surface area contributed by atoms with E-state index in [0.29, 0.717) is 16.8 Å². The summed E-state index contributed by atoms with van der Waals surface area (Å²) in [5, 5.41) is 11.5. The third-order valence-corrected chi connectivity index (χ3v) is 4.82. The first-order valence-corrected chi connectivity index (χ1v) is 8.85. The lowest BCUT2D eigenvalue weighted by atomic mass is 10.1. The van der Waals surface area contributed by atoms with Gasteiger partial charge in [0, 0.05) is 10.9 Å². The van der Waals surface area contributed by atoms with E-state index in [1.165, 1.54) is 24.6 Å². The fourth-order valence-electron chi connectivity index (χ4n) is 2.50. The number of benzene rings is 1. The standard InChI is InChI=1S/C18H18N2O4S/c1-3-8-24-13-6-4-12(5-7-13)14-9-25-16-15(14)17(21)20(10-19-16)11(2)18(22)23/h4-7,9-11H,3,8H2,1-2H3,(H,22,23). The van der Waals surface area contributed by atoms with Crippen LogP contribution in [0.3, 0.4) is 0 Å². The number of nitrogens with zero attached hydrogens (tertiary/aromatic N) is 2. The molecule has 6 nitrogen and oxygen atoms in total. The normalized spacial score (nSPS) is 12.2. The first-order valence-electron chi connectivity index (χ1n) is 7.97. The van der Waals surface area contributed by atoms with Crippen LogP contribution in [0.2, 0.25) is 0 Å². The van der Waals surface area contributed by atoms with Crippen molar-refractivity contribution in [2.24, 2.45) is 0 Å². The Morgan fingerprint density at radius 2 is 2.08 bits per heavy atom. The molecule has 0 bridgehead atoms. The zero-order chi connectivity index (χ0) is 18.0. The summed E-state index contributed by atoms with van der Waals surface area (Å²) in [6.07, 6.45) is 2.23. The average molecular weight is 358 g/mol. The van der Waals surface area contributed by atoms with Crippen LogP contribution >= 0.6 is 11.3 Å². The Labute approximate surface area is 148 Å². The van der Waals surface area contributed by atoms with Crippen molar-refractivity contribution in [1.82, 2.24) is 9.55 Å². The van der Waals surface area contributed by atoms with E-state index >= 15 is 0 Å². The molecule has 2 aromatic heterocycles. The third kappa shape index (κ3) is 3.28. The van der Waals surface area contributed by atoms with Gasteiger partial charge in [-0.05, 0) is 31.0 Å². The van der Waals surface area contributed by atoms with Crippen LogP contribution in [0.25, 0.3) is 21.3 Å². The van der Waals surface area contributed by atoms with Crippen molar-refractivity contribution in [3.05, 3.63) is 46.3 Å². The van der Waals surface area contributed by atoms with E-state index in [1.807, 2.05) is 36.6 Å². The second-order valence-electron chi connectivity index (χ2n) is 5.67. The lowest BCUT2D eigenvalue weighted by Crippen LogP contribution is -2.28. The highest BCUT2D eigenvalue weighted by molar-refractivity contribution is 7.17. The number of rotatable bonds is 6. The molecular formula is C18H18N2O4S. The molecule has 0 radical (unpaired) electrons. The quantitative estimate of drug-likeness (QED) is 0.729. The Bertz CT molecular complexity index is 959. The summed E-state index contributed by atoms with van der Waals surface area (Å²) in [5.74, 6) is -0.294. The number of fused-ring (bicyclic) bond motifs is 1. The predicted molar refractivity (Wildman–Crippen MR) is 97.4 cm³/mol. The van der Waals surface area contributed by atoms with Gasteiger partial charge in [-0.15, -0.1) is 11.3 Å². The highest BCUT2D eigenvalue weighted by Gasteiger charge is 2.19. The first-order chi connectivity index (χ1) is 12.0. The van der Waals surface area contributed by atoms with Gasteiger partial charge < -0.3 is 9.84 Å². The smallest absolute Gasteiger partial charge is 0.326 e. The van der Waals surface area contributed by atoms with Crippen LogP contribution in [0.5, 0.6) is 5.75 Å². The van der Waals surface area contributed by atoms with Crippen molar-refractivity contribution in [2.75, 3.05) is 6.61 Å². The molecule has 1 atom stereocenters. The zero-order valence-corrected chi connectivity index (χ0v) is 14.7. The van der Waals surface area contributed by atoms with Crippen LogP contribution in [0, 0.1) is 0 Å². The van der Waals surface area contributed by atoms with Crippen molar-refractivity contribution in [1.29, 1.82) is 0 Å². The second-order valence-corrected chi connectivity index (χ2v) is 6.53. The molecule has 0 aliphatic rings. The Morgan fingerprint density at radius 1 is 1.36 bits per heavy atom. The molecule has 3 aromatic rings. The summed E-state index contributed by atoms with van der Waals surface area (Å²) < 4.78 is 6.73. The molecule has 0 saturated carbocycles. The fraction of sp³-hybridized carbons (Fsp3) is 0.278. The number of thiophene rings is 1. The lowest BCUT2D eigenvalue weighted by molar-refractivity contribution is -0.140. The summed E-state index contributed by atoms with van der Waals surface area (Å²) in [7, 11) is 0. The van der Waals surface area contributed by atoms with Gasteiger partial charge in [0.1, 0.15) is 16.6 Å². The Kier molecular flexibility index (Phi) is 4.85. The number of aliphatic carboxylic acids is 1. The van der Waals surface area contributed by atoms with E-state index in [1.54, 1.807) is 0 Å². The van der Waals surface area contributed by atoms with Gasteiger partial charge in [0.25, 0.3) is 5.56 Å². The molecule has 1 aromatic carbocycles. The SMILES string of the molecule is CCCOc1ccc(-c2csc3ncn(C(C)C(=O)O)c(=O)c23)cc1. The average Bonchev–Trinajstić information content (AvgIpc) is 3.05. The number of carboxylic acids is 1. The minimum atomic E-state index is -1.07. The molecule has 0 aliphatic carbocycles. The molecular weight excluding hydrogens is 340 g/mol. The van der Waals surface area contributed by atoms with E-state index in [9.17, 15) is 14.7 Å². The molecule has 0 spiro atoms. The maximum absolute atomic E-state index is 12.8. The van der Waals surface area contributed by atoms with Gasteiger partial charge in [-0.1, -0.05) is 19.1 Å². The molecule has 1 unspecified atom stereocenters. The van der Waals surface area contributed by atoms with Gasteiger partial charge in [-0.3, -0.25) is 9.36 Å². The summed E-state index contributed by atoms with van der Waals surface area (Å²) in [4.78, 5) is 28.8. The van der Waals surface area contributed by atoms with Gasteiger partial charge in [0.15, 0.2) is 0 Å². The molecule has 2 heterocycles. The van der Waals surface area contributed by atoms with E-state index < -0.39 is 12.0 Å². The Balaban J connectivity index is 2.06. The third-order valence-electron chi connectivity index (χ3n) is 3.93. The van der Waals surface area contributed by atoms with E-state index in [-0.39, 0.29) is 5.56 Å². The predicted octanol–water partition coefficient (Wildman–Crippen LogP) is 3.56. The lowest BCUT2D eigenvalue weighted by Gasteiger charge is -2.10. The van der Waals surface area contributed by atoms with Crippen molar-refractivity contribution >= 4 is 27.5 Å². The maximum Gasteiger partial charge on any atom is 0.326 e. The number of carbonyl (C=O) groups is 1. The van der Waals surface area contributed by atoms with Crippen LogP contribution in [0.1, 0.15) is 26.3 Å². The molecule has 0 saturated heterocycles. The number of hydrogen-bond acceptors (Lipinski definition) is 5. The van der Waals surface area contributed by atoms with E-state index in [0.717, 1.165) is 27.9 Å². The molecule has 25 heavy (non-hydrogen) atoms. The second kappa shape index (κ2) is 7.06. The molecule has 0 amide bonds. The summed E-state index contributed by atoms with van der Waals surface area (Å²) in [5.41, 5.74) is 1.28. The molecule has 3 rings (SSSR count). The number of aromatic nitrogens is 2. The largest absolute Gasteiger partial charge is 0.494 e. The topological polar surface area (TPSA) is 81.4 Å². The highest BCUT2D eigenvalue weighted by Crippen LogP contribution is 2.31. The molecule has 1 N–H and O–H groups in total. The highest BCUT2D eigenvalue weighted by atomic mass is 32.1. The van der Waals surface area contributed by atoms with Crippen LogP contribution in [0.4, 0.5) is 0 Å². The minimum absolute atomic E-state index is 0.345. The van der Waals surface area contributed by atoms with E-state index in [4.69, 9.17) is 4.74 Å². The van der Waals surface area contributed by atoms with Crippen LogP contribution < -0.4 is 10.3 Å². The van der Waals surface area contributed by atoms with Crippen molar-refractivity contribution in [3.63, 3.8) is 0 Å². The van der Waals surface area contributed by atoms with Crippen molar-refractivity contribution < 1.29 is 14.6 Å². The maximum atomic E-state index is 12.8. The van der Waals surface area contributed by atoms with Crippen molar-refractivity contribution in [2.45, 2.75) is 26.3 Å². The Morgan fingerprint density at radius 3 is 2.72 bits per heavy atom. The number of hydrogen-bond donors (Lipinski definition) is 1. The Hall–Kier alpha value is -2.67. The zero-order valence-electron chi connectivity index (χ0n) is 13.9. The molecule has 0 aliphatic heterocycles. The van der Waals surface area contributed by atoms with Gasteiger partial charge >= 0.3 is 5.97 Å². The van der Waals surface area contributed by atoms with Crippen LogP contribution in [-0.4, -0.2) is 27.2 Å². The molecule has 7 heteroatoms. The minimum Gasteiger partial charge on any atom is -0.494 e. The van der Waals surface area contributed by atoms with Gasteiger partial charge in [0.05, 0.1) is 18.3 Å². The van der Waals surface area contributed by atoms with Crippen molar-refractivity contribution in [3.8, 4) is 16.9 Å². The first kappa shape index (κ1) is 17.2. The fourth-order valence-corrected chi connectivity index (χ4v) is 3.41. The van der Waals surface area contributed by atoms with E-state index in [2.05, 4.69) is 4.98 Å². The van der Waals surface area contributed by atoms with Crippen LogP contribution in [-0.2, 0) is 4.79 Å². The van der Waals surface area contributed by atoms with Gasteiger partial charge in [0.2, 0.25) is 0 Å². The summed E-state index contributed by atoms with van der Waals surface area (Å²) in [6, 6.07) is 6.54. The molecule has 130 valence electrons. The summed E-state index contributed by atoms with van der Waals surface area (Å²) in [6.45, 7) is 4.16. The monoisotopic (exact) mass is 358 g/mol. The molecule has 0 fully saturated rings. The van der Waals surface area contributed by atoms with Gasteiger partial charge in [-0.25, -0.2) is 9.78 Å². The van der Waals surface area contributed by atoms with Crippen LogP contribution in [0.15, 0.2) is 40.8 Å². The van der Waals surface area contributed by atoms with Gasteiger partial charge in [-0.2, -0.15) is 0 Å².